The summed E-state index contributed by atoms with van der Waals surface area (Å²) in [5.74, 6) is 0.665. The van der Waals surface area contributed by atoms with E-state index in [0.29, 0.717) is 5.92 Å². The molecule has 1 aromatic carbocycles. The van der Waals surface area contributed by atoms with Gasteiger partial charge in [0, 0.05) is 12.0 Å². The molecule has 2 nitrogen and oxygen atoms in total. The predicted octanol–water partition coefficient (Wildman–Crippen LogP) is 4.06. The summed E-state index contributed by atoms with van der Waals surface area (Å²) >= 11 is 1.83. The van der Waals surface area contributed by atoms with Crippen LogP contribution in [0, 0.1) is 0 Å². The maximum absolute atomic E-state index is 4.84. The third kappa shape index (κ3) is 2.67. The molecule has 19 heavy (non-hydrogen) atoms. The molecule has 102 valence electrons. The summed E-state index contributed by atoms with van der Waals surface area (Å²) < 4.78 is 1.32. The van der Waals surface area contributed by atoms with Crippen molar-refractivity contribution in [1.82, 2.24) is 10.3 Å². The van der Waals surface area contributed by atoms with Crippen molar-refractivity contribution in [2.75, 3.05) is 13.1 Å². The number of rotatable bonds is 1. The largest absolute Gasteiger partial charge is 0.316 e. The van der Waals surface area contributed by atoms with Gasteiger partial charge < -0.3 is 5.32 Å². The lowest BCUT2D eigenvalue weighted by atomic mass is 9.91. The van der Waals surface area contributed by atoms with E-state index < -0.39 is 0 Å². The molecule has 0 saturated carbocycles. The lowest BCUT2D eigenvalue weighted by Gasteiger charge is -2.22. The number of hydrogen-bond acceptors (Lipinski definition) is 3. The first-order chi connectivity index (χ1) is 9.04. The van der Waals surface area contributed by atoms with Crippen LogP contribution < -0.4 is 5.32 Å². The molecule has 1 N–H and O–H groups in total. The van der Waals surface area contributed by atoms with E-state index in [1.54, 1.807) is 0 Å². The Balaban J connectivity index is 1.96. The fourth-order valence-electron chi connectivity index (χ4n) is 2.66. The van der Waals surface area contributed by atoms with Crippen molar-refractivity contribution in [3.8, 4) is 0 Å². The van der Waals surface area contributed by atoms with Crippen LogP contribution in [0.4, 0.5) is 0 Å². The second-order valence-corrected chi connectivity index (χ2v) is 7.57. The number of thiazole rings is 1. The molecular formula is C16H22N2S. The first kappa shape index (κ1) is 13.1. The maximum atomic E-state index is 4.84. The number of nitrogens with zero attached hydrogens (tertiary/aromatic N) is 1. The van der Waals surface area contributed by atoms with E-state index in [4.69, 9.17) is 4.98 Å². The van der Waals surface area contributed by atoms with Crippen LogP contribution >= 0.6 is 11.3 Å². The number of fused-ring (bicyclic) bond motifs is 1. The van der Waals surface area contributed by atoms with Gasteiger partial charge in [0.1, 0.15) is 0 Å². The van der Waals surface area contributed by atoms with Gasteiger partial charge >= 0.3 is 0 Å². The zero-order valence-electron chi connectivity index (χ0n) is 12.0. The topological polar surface area (TPSA) is 24.9 Å². The highest BCUT2D eigenvalue weighted by molar-refractivity contribution is 7.18. The van der Waals surface area contributed by atoms with Crippen molar-refractivity contribution in [3.63, 3.8) is 0 Å². The van der Waals surface area contributed by atoms with Crippen LogP contribution in [0.15, 0.2) is 18.2 Å². The van der Waals surface area contributed by atoms with Crippen molar-refractivity contribution in [1.29, 1.82) is 0 Å². The SMILES string of the molecule is CC(C)(C)c1nc2cc(C3CCCNC3)ccc2s1. The molecular weight excluding hydrogens is 252 g/mol. The summed E-state index contributed by atoms with van der Waals surface area (Å²) in [5, 5.41) is 4.73. The van der Waals surface area contributed by atoms with Gasteiger partial charge in [-0.1, -0.05) is 26.8 Å². The van der Waals surface area contributed by atoms with Gasteiger partial charge in [-0.3, -0.25) is 0 Å². The van der Waals surface area contributed by atoms with E-state index in [1.807, 2.05) is 11.3 Å². The summed E-state index contributed by atoms with van der Waals surface area (Å²) in [7, 11) is 0. The highest BCUT2D eigenvalue weighted by Gasteiger charge is 2.20. The van der Waals surface area contributed by atoms with Gasteiger partial charge in [0.15, 0.2) is 0 Å². The van der Waals surface area contributed by atoms with Crippen molar-refractivity contribution >= 4 is 21.6 Å². The Bertz CT molecular complexity index is 574. The highest BCUT2D eigenvalue weighted by atomic mass is 32.1. The van der Waals surface area contributed by atoms with E-state index in [9.17, 15) is 0 Å². The first-order valence-electron chi connectivity index (χ1n) is 7.16. The Morgan fingerprint density at radius 3 is 2.84 bits per heavy atom. The standard InChI is InChI=1S/C16H22N2S/c1-16(2,3)15-18-13-9-11(6-7-14(13)19-15)12-5-4-8-17-10-12/h6-7,9,12,17H,4-5,8,10H2,1-3H3. The molecule has 1 saturated heterocycles. The van der Waals surface area contributed by atoms with Crippen molar-refractivity contribution in [3.05, 3.63) is 28.8 Å². The zero-order valence-corrected chi connectivity index (χ0v) is 12.8. The Hall–Kier alpha value is -0.930. The number of piperidine rings is 1. The number of hydrogen-bond donors (Lipinski definition) is 1. The van der Waals surface area contributed by atoms with Gasteiger partial charge in [0.2, 0.25) is 0 Å². The van der Waals surface area contributed by atoms with Gasteiger partial charge in [-0.15, -0.1) is 11.3 Å². The number of nitrogens with one attached hydrogen (secondary N) is 1. The zero-order chi connectivity index (χ0) is 13.5. The van der Waals surface area contributed by atoms with Crippen LogP contribution in [0.2, 0.25) is 0 Å². The molecule has 3 rings (SSSR count). The summed E-state index contributed by atoms with van der Waals surface area (Å²) in [6.45, 7) is 8.98. The average Bonchev–Trinajstić information content (AvgIpc) is 2.82. The van der Waals surface area contributed by atoms with Gasteiger partial charge in [-0.05, 0) is 43.0 Å². The van der Waals surface area contributed by atoms with Crippen molar-refractivity contribution in [2.24, 2.45) is 0 Å². The minimum Gasteiger partial charge on any atom is -0.316 e. The molecule has 1 aliphatic heterocycles. The van der Waals surface area contributed by atoms with Gasteiger partial charge in [-0.2, -0.15) is 0 Å². The second-order valence-electron chi connectivity index (χ2n) is 6.54. The number of aromatic nitrogens is 1. The van der Waals surface area contributed by atoms with Gasteiger partial charge in [0.05, 0.1) is 15.2 Å². The molecule has 1 aromatic heterocycles. The summed E-state index contributed by atoms with van der Waals surface area (Å²) in [6, 6.07) is 6.86. The molecule has 1 fully saturated rings. The maximum Gasteiger partial charge on any atom is 0.0992 e. The third-order valence-corrected chi connectivity index (χ3v) is 5.28. The van der Waals surface area contributed by atoms with Crippen LogP contribution in [-0.2, 0) is 5.41 Å². The van der Waals surface area contributed by atoms with Crippen LogP contribution in [0.25, 0.3) is 10.2 Å². The lowest BCUT2D eigenvalue weighted by molar-refractivity contribution is 0.462. The van der Waals surface area contributed by atoms with E-state index >= 15 is 0 Å². The first-order valence-corrected chi connectivity index (χ1v) is 7.97. The Morgan fingerprint density at radius 2 is 2.16 bits per heavy atom. The number of benzene rings is 1. The Morgan fingerprint density at radius 1 is 1.32 bits per heavy atom. The molecule has 0 aliphatic carbocycles. The molecule has 1 atom stereocenters. The molecule has 0 radical (unpaired) electrons. The normalized spacial score (nSPS) is 20.9. The molecule has 2 aromatic rings. The van der Waals surface area contributed by atoms with E-state index in [0.717, 1.165) is 6.54 Å². The Kier molecular flexibility index (Phi) is 3.35. The molecule has 0 bridgehead atoms. The predicted molar refractivity (Wildman–Crippen MR) is 83.2 cm³/mol. The minimum absolute atomic E-state index is 0.149. The minimum atomic E-state index is 0.149. The lowest BCUT2D eigenvalue weighted by Crippen LogP contribution is -2.28. The van der Waals surface area contributed by atoms with Gasteiger partial charge in [0.25, 0.3) is 0 Å². The monoisotopic (exact) mass is 274 g/mol. The molecule has 1 unspecified atom stereocenters. The fourth-order valence-corrected chi connectivity index (χ4v) is 3.66. The van der Waals surface area contributed by atoms with Crippen molar-refractivity contribution < 1.29 is 0 Å². The third-order valence-electron chi connectivity index (χ3n) is 3.82. The van der Waals surface area contributed by atoms with Crippen LogP contribution in [-0.4, -0.2) is 18.1 Å². The van der Waals surface area contributed by atoms with E-state index in [2.05, 4.69) is 44.3 Å². The quantitative estimate of drug-likeness (QED) is 0.848. The van der Waals surface area contributed by atoms with Crippen LogP contribution in [0.1, 0.15) is 50.1 Å². The molecule has 3 heteroatoms. The summed E-state index contributed by atoms with van der Waals surface area (Å²) in [4.78, 5) is 4.84. The van der Waals surface area contributed by atoms with E-state index in [-0.39, 0.29) is 5.41 Å². The summed E-state index contributed by atoms with van der Waals surface area (Å²) in [6.07, 6.45) is 2.59. The van der Waals surface area contributed by atoms with E-state index in [1.165, 1.54) is 40.2 Å². The highest BCUT2D eigenvalue weighted by Crippen LogP contribution is 2.33. The van der Waals surface area contributed by atoms with Gasteiger partial charge in [-0.25, -0.2) is 4.98 Å². The van der Waals surface area contributed by atoms with Crippen LogP contribution in [0.3, 0.4) is 0 Å². The molecule has 2 heterocycles. The second kappa shape index (κ2) is 4.88. The fraction of sp³-hybridized carbons (Fsp3) is 0.562. The van der Waals surface area contributed by atoms with Crippen LogP contribution in [0.5, 0.6) is 0 Å². The molecule has 0 amide bonds. The smallest absolute Gasteiger partial charge is 0.0992 e. The van der Waals surface area contributed by atoms with Crippen molar-refractivity contribution in [2.45, 2.75) is 44.9 Å². The molecule has 0 spiro atoms. The average molecular weight is 274 g/mol. The molecule has 1 aliphatic rings. The Labute approximate surface area is 119 Å². The summed E-state index contributed by atoms with van der Waals surface area (Å²) in [5.41, 5.74) is 2.78.